The predicted octanol–water partition coefficient (Wildman–Crippen LogP) is 2.79. The Kier molecular flexibility index (Phi) is 4.67. The molecule has 1 saturated carbocycles. The molecule has 102 valence electrons. The quantitative estimate of drug-likeness (QED) is 0.473. The predicted molar refractivity (Wildman–Crippen MR) is 77.9 cm³/mol. The molecule has 1 aliphatic carbocycles. The van der Waals surface area contributed by atoms with Gasteiger partial charge in [-0.25, -0.2) is 4.99 Å². The van der Waals surface area contributed by atoms with Crippen LogP contribution in [0.5, 0.6) is 0 Å². The van der Waals surface area contributed by atoms with Gasteiger partial charge in [-0.05, 0) is 31.6 Å². The highest BCUT2D eigenvalue weighted by Gasteiger charge is 2.39. The van der Waals surface area contributed by atoms with Crippen LogP contribution in [0.3, 0.4) is 0 Å². The molecule has 1 aliphatic heterocycles. The normalized spacial score (nSPS) is 23.4. The molecule has 0 atom stereocenters. The molecule has 3 heteroatoms. The van der Waals surface area contributed by atoms with Gasteiger partial charge < -0.3 is 10.2 Å². The van der Waals surface area contributed by atoms with E-state index in [0.29, 0.717) is 12.0 Å². The molecule has 0 bridgehead atoms. The second-order valence-corrected chi connectivity index (χ2v) is 5.72. The zero-order valence-electron chi connectivity index (χ0n) is 11.7. The molecule has 1 saturated heterocycles. The number of rotatable bonds is 3. The van der Waals surface area contributed by atoms with Crippen molar-refractivity contribution in [3.8, 4) is 0 Å². The average Bonchev–Trinajstić information content (AvgIpc) is 2.79. The Morgan fingerprint density at radius 2 is 2.11 bits per heavy atom. The maximum Gasteiger partial charge on any atom is 0.194 e. The van der Waals surface area contributed by atoms with E-state index in [1.807, 2.05) is 6.08 Å². The summed E-state index contributed by atoms with van der Waals surface area (Å²) in [6, 6.07) is 0. The van der Waals surface area contributed by atoms with Crippen LogP contribution in [0.15, 0.2) is 17.6 Å². The van der Waals surface area contributed by atoms with Gasteiger partial charge in [0.1, 0.15) is 0 Å². The summed E-state index contributed by atoms with van der Waals surface area (Å²) in [5.74, 6) is 1.08. The van der Waals surface area contributed by atoms with Crippen molar-refractivity contribution in [3.05, 3.63) is 12.7 Å². The Bertz CT molecular complexity index is 303. The molecule has 2 fully saturated rings. The third-order valence-electron chi connectivity index (χ3n) is 4.36. The second kappa shape index (κ2) is 6.26. The molecule has 2 aliphatic rings. The van der Waals surface area contributed by atoms with Crippen LogP contribution in [-0.4, -0.2) is 37.0 Å². The zero-order valence-corrected chi connectivity index (χ0v) is 11.7. The maximum absolute atomic E-state index is 4.61. The third kappa shape index (κ3) is 3.06. The summed E-state index contributed by atoms with van der Waals surface area (Å²) in [5, 5.41) is 3.41. The van der Waals surface area contributed by atoms with Crippen molar-refractivity contribution in [1.82, 2.24) is 10.2 Å². The van der Waals surface area contributed by atoms with Crippen molar-refractivity contribution in [2.75, 3.05) is 26.2 Å². The molecule has 1 heterocycles. The fraction of sp³-hybridized carbons (Fsp3) is 0.800. The molecule has 18 heavy (non-hydrogen) atoms. The first-order valence-corrected chi connectivity index (χ1v) is 7.44. The van der Waals surface area contributed by atoms with E-state index in [4.69, 9.17) is 0 Å². The molecule has 0 radical (unpaired) electrons. The van der Waals surface area contributed by atoms with Crippen LogP contribution in [0.1, 0.15) is 45.4 Å². The Balaban J connectivity index is 1.98. The Morgan fingerprint density at radius 3 is 2.78 bits per heavy atom. The van der Waals surface area contributed by atoms with E-state index in [9.17, 15) is 0 Å². The van der Waals surface area contributed by atoms with Gasteiger partial charge in [-0.15, -0.1) is 6.58 Å². The standard InChI is InChI=1S/C15H27N3/c1-3-11-17-14(16-4-2)18-12-10-15(13-18)8-6-5-7-9-15/h3H,1,4-13H2,2H3,(H,16,17). The molecule has 0 aromatic rings. The van der Waals surface area contributed by atoms with Crippen LogP contribution in [0.25, 0.3) is 0 Å². The first kappa shape index (κ1) is 13.4. The molecule has 0 amide bonds. The lowest BCUT2D eigenvalue weighted by Crippen LogP contribution is -2.41. The molecule has 0 aromatic carbocycles. The topological polar surface area (TPSA) is 27.6 Å². The molecule has 3 nitrogen and oxygen atoms in total. The van der Waals surface area contributed by atoms with Crippen molar-refractivity contribution < 1.29 is 0 Å². The lowest BCUT2D eigenvalue weighted by atomic mass is 9.73. The van der Waals surface area contributed by atoms with Gasteiger partial charge in [0.2, 0.25) is 0 Å². The van der Waals surface area contributed by atoms with E-state index >= 15 is 0 Å². The fourth-order valence-corrected chi connectivity index (χ4v) is 3.40. The number of hydrogen-bond acceptors (Lipinski definition) is 1. The van der Waals surface area contributed by atoms with Gasteiger partial charge in [0.15, 0.2) is 5.96 Å². The van der Waals surface area contributed by atoms with E-state index in [2.05, 4.69) is 28.7 Å². The number of nitrogens with zero attached hydrogens (tertiary/aromatic N) is 2. The highest BCUT2D eigenvalue weighted by molar-refractivity contribution is 5.80. The minimum absolute atomic E-state index is 0.600. The van der Waals surface area contributed by atoms with Crippen molar-refractivity contribution in [3.63, 3.8) is 0 Å². The summed E-state index contributed by atoms with van der Waals surface area (Å²) in [6.45, 7) is 9.92. The van der Waals surface area contributed by atoms with Crippen LogP contribution < -0.4 is 5.32 Å². The molecule has 1 spiro atoms. The summed E-state index contributed by atoms with van der Waals surface area (Å²) < 4.78 is 0. The first-order valence-electron chi connectivity index (χ1n) is 7.44. The lowest BCUT2D eigenvalue weighted by Gasteiger charge is -2.33. The van der Waals surface area contributed by atoms with Gasteiger partial charge in [-0.3, -0.25) is 0 Å². The largest absolute Gasteiger partial charge is 0.357 e. The molecular weight excluding hydrogens is 222 g/mol. The van der Waals surface area contributed by atoms with Gasteiger partial charge in [-0.2, -0.15) is 0 Å². The summed E-state index contributed by atoms with van der Waals surface area (Å²) in [5.41, 5.74) is 0.600. The van der Waals surface area contributed by atoms with Crippen LogP contribution in [0.4, 0.5) is 0 Å². The van der Waals surface area contributed by atoms with E-state index in [1.54, 1.807) is 0 Å². The summed E-state index contributed by atoms with van der Waals surface area (Å²) in [4.78, 5) is 7.06. The SMILES string of the molecule is C=CCN=C(NCC)N1CCC2(CCCCC2)C1. The number of nitrogens with one attached hydrogen (secondary N) is 1. The fourth-order valence-electron chi connectivity index (χ4n) is 3.40. The molecule has 1 N–H and O–H groups in total. The molecular formula is C15H27N3. The van der Waals surface area contributed by atoms with E-state index in [-0.39, 0.29) is 0 Å². The molecule has 0 unspecified atom stereocenters. The summed E-state index contributed by atoms with van der Waals surface area (Å²) in [7, 11) is 0. The molecule has 2 rings (SSSR count). The third-order valence-corrected chi connectivity index (χ3v) is 4.36. The number of guanidine groups is 1. The van der Waals surface area contributed by atoms with Crippen LogP contribution in [-0.2, 0) is 0 Å². The minimum Gasteiger partial charge on any atom is -0.357 e. The monoisotopic (exact) mass is 249 g/mol. The van der Waals surface area contributed by atoms with Crippen molar-refractivity contribution in [1.29, 1.82) is 0 Å². The van der Waals surface area contributed by atoms with Gasteiger partial charge >= 0.3 is 0 Å². The average molecular weight is 249 g/mol. The number of aliphatic imine (C=N–C) groups is 1. The lowest BCUT2D eigenvalue weighted by molar-refractivity contribution is 0.203. The minimum atomic E-state index is 0.600. The van der Waals surface area contributed by atoms with Gasteiger partial charge in [0.05, 0.1) is 6.54 Å². The van der Waals surface area contributed by atoms with Crippen LogP contribution in [0.2, 0.25) is 0 Å². The van der Waals surface area contributed by atoms with E-state index < -0.39 is 0 Å². The van der Waals surface area contributed by atoms with Crippen LogP contribution >= 0.6 is 0 Å². The van der Waals surface area contributed by atoms with E-state index in [1.165, 1.54) is 51.6 Å². The second-order valence-electron chi connectivity index (χ2n) is 5.72. The number of hydrogen-bond donors (Lipinski definition) is 1. The van der Waals surface area contributed by atoms with Crippen molar-refractivity contribution in [2.24, 2.45) is 10.4 Å². The number of likely N-dealkylation sites (tertiary alicyclic amines) is 1. The zero-order chi connectivity index (χ0) is 12.8. The van der Waals surface area contributed by atoms with E-state index in [0.717, 1.165) is 12.5 Å². The van der Waals surface area contributed by atoms with Gasteiger partial charge in [0, 0.05) is 19.6 Å². The Morgan fingerprint density at radius 1 is 1.33 bits per heavy atom. The Hall–Kier alpha value is -0.990. The van der Waals surface area contributed by atoms with Crippen LogP contribution in [0, 0.1) is 5.41 Å². The van der Waals surface area contributed by atoms with Crippen molar-refractivity contribution >= 4 is 5.96 Å². The highest BCUT2D eigenvalue weighted by atomic mass is 15.3. The first-order chi connectivity index (χ1) is 8.79. The maximum atomic E-state index is 4.61. The van der Waals surface area contributed by atoms with Gasteiger partial charge in [0.25, 0.3) is 0 Å². The summed E-state index contributed by atoms with van der Waals surface area (Å²) in [6.07, 6.45) is 10.3. The molecule has 0 aromatic heterocycles. The van der Waals surface area contributed by atoms with Gasteiger partial charge in [-0.1, -0.05) is 25.3 Å². The smallest absolute Gasteiger partial charge is 0.194 e. The highest BCUT2D eigenvalue weighted by Crippen LogP contribution is 2.43. The van der Waals surface area contributed by atoms with Crippen molar-refractivity contribution in [2.45, 2.75) is 45.4 Å². The summed E-state index contributed by atoms with van der Waals surface area (Å²) >= 11 is 0. The Labute approximate surface area is 111 Å².